The Hall–Kier alpha value is -1.47. The lowest BCUT2D eigenvalue weighted by Crippen LogP contribution is -1.95. The molecule has 1 N–H and O–H groups in total. The Labute approximate surface area is 97.1 Å². The lowest BCUT2D eigenvalue weighted by molar-refractivity contribution is 0.600. The molecule has 2 aromatic rings. The van der Waals surface area contributed by atoms with E-state index >= 15 is 0 Å². The van der Waals surface area contributed by atoms with Crippen molar-refractivity contribution >= 4 is 32.0 Å². The number of benzene rings is 1. The van der Waals surface area contributed by atoms with Gasteiger partial charge in [0.15, 0.2) is 0 Å². The van der Waals surface area contributed by atoms with Gasteiger partial charge in [0.1, 0.15) is 0 Å². The normalized spacial score (nSPS) is 11.3. The first-order valence-electron chi connectivity index (χ1n) is 4.41. The van der Waals surface area contributed by atoms with Gasteiger partial charge in [-0.1, -0.05) is 29.5 Å². The van der Waals surface area contributed by atoms with E-state index in [1.807, 2.05) is 30.3 Å². The SMILES string of the molecule is CS(=O)(=O)c1nnc(Nc2ccccc2)s1. The summed E-state index contributed by atoms with van der Waals surface area (Å²) in [6.07, 6.45) is 1.11. The van der Waals surface area contributed by atoms with Gasteiger partial charge < -0.3 is 5.32 Å². The van der Waals surface area contributed by atoms with E-state index in [2.05, 4.69) is 15.5 Å². The van der Waals surface area contributed by atoms with E-state index in [-0.39, 0.29) is 4.34 Å². The van der Waals surface area contributed by atoms with Crippen molar-refractivity contribution in [2.24, 2.45) is 0 Å². The lowest BCUT2D eigenvalue weighted by Gasteiger charge is -1.99. The first-order valence-corrected chi connectivity index (χ1v) is 7.12. The molecule has 84 valence electrons. The summed E-state index contributed by atoms with van der Waals surface area (Å²) < 4.78 is 22.4. The zero-order valence-corrected chi connectivity index (χ0v) is 10.0. The molecule has 0 saturated carbocycles. The molecule has 7 heteroatoms. The van der Waals surface area contributed by atoms with Crippen LogP contribution < -0.4 is 5.32 Å². The fraction of sp³-hybridized carbons (Fsp3) is 0.111. The molecule has 0 bridgehead atoms. The Morgan fingerprint density at radius 3 is 2.44 bits per heavy atom. The van der Waals surface area contributed by atoms with Gasteiger partial charge in [0, 0.05) is 11.9 Å². The van der Waals surface area contributed by atoms with Crippen molar-refractivity contribution in [3.05, 3.63) is 30.3 Å². The lowest BCUT2D eigenvalue weighted by atomic mass is 10.3. The van der Waals surface area contributed by atoms with Crippen LogP contribution in [-0.4, -0.2) is 24.9 Å². The van der Waals surface area contributed by atoms with E-state index in [0.717, 1.165) is 23.3 Å². The standard InChI is InChI=1S/C9H9N3O2S2/c1-16(13,14)9-12-11-8(15-9)10-7-5-3-2-4-6-7/h2-6H,1H3,(H,10,11). The average Bonchev–Trinajstić information content (AvgIpc) is 2.67. The molecular weight excluding hydrogens is 246 g/mol. The maximum atomic E-state index is 11.2. The van der Waals surface area contributed by atoms with Gasteiger partial charge in [0.25, 0.3) is 0 Å². The Bertz CT molecular complexity index is 578. The zero-order valence-electron chi connectivity index (χ0n) is 8.41. The first kappa shape index (κ1) is 11.0. The predicted octanol–water partition coefficient (Wildman–Crippen LogP) is 1.69. The summed E-state index contributed by atoms with van der Waals surface area (Å²) in [7, 11) is -3.27. The van der Waals surface area contributed by atoms with Crippen LogP contribution in [0.5, 0.6) is 0 Å². The summed E-state index contributed by atoms with van der Waals surface area (Å²) in [4.78, 5) is 0. The molecule has 0 fully saturated rings. The van der Waals surface area contributed by atoms with Crippen LogP contribution in [0.3, 0.4) is 0 Å². The minimum absolute atomic E-state index is 0.0194. The quantitative estimate of drug-likeness (QED) is 0.903. The topological polar surface area (TPSA) is 72.0 Å². The number of nitrogens with zero attached hydrogens (tertiary/aromatic N) is 2. The van der Waals surface area contributed by atoms with Crippen molar-refractivity contribution in [2.75, 3.05) is 11.6 Å². The van der Waals surface area contributed by atoms with Gasteiger partial charge in [0.2, 0.25) is 19.3 Å². The van der Waals surface area contributed by atoms with Crippen LogP contribution >= 0.6 is 11.3 Å². The van der Waals surface area contributed by atoms with Gasteiger partial charge in [-0.15, -0.1) is 10.2 Å². The fourth-order valence-electron chi connectivity index (χ4n) is 1.06. The van der Waals surface area contributed by atoms with Crippen LogP contribution in [0.25, 0.3) is 0 Å². The molecular formula is C9H9N3O2S2. The van der Waals surface area contributed by atoms with Crippen molar-refractivity contribution in [1.82, 2.24) is 10.2 Å². The third-order valence-corrected chi connectivity index (χ3v) is 4.26. The van der Waals surface area contributed by atoms with Crippen molar-refractivity contribution in [1.29, 1.82) is 0 Å². The molecule has 16 heavy (non-hydrogen) atoms. The summed E-state index contributed by atoms with van der Waals surface area (Å²) >= 11 is 1.01. The average molecular weight is 255 g/mol. The summed E-state index contributed by atoms with van der Waals surface area (Å²) in [6, 6.07) is 9.37. The number of anilines is 2. The van der Waals surface area contributed by atoms with E-state index < -0.39 is 9.84 Å². The minimum atomic E-state index is -3.27. The molecule has 0 spiro atoms. The largest absolute Gasteiger partial charge is 0.330 e. The van der Waals surface area contributed by atoms with Gasteiger partial charge in [-0.25, -0.2) is 8.42 Å². The Morgan fingerprint density at radius 2 is 1.88 bits per heavy atom. The Balaban J connectivity index is 2.22. The summed E-state index contributed by atoms with van der Waals surface area (Å²) in [5.74, 6) is 0. The summed E-state index contributed by atoms with van der Waals surface area (Å²) in [6.45, 7) is 0. The molecule has 1 heterocycles. The molecule has 0 amide bonds. The van der Waals surface area contributed by atoms with E-state index in [4.69, 9.17) is 0 Å². The molecule has 0 aliphatic heterocycles. The van der Waals surface area contributed by atoms with E-state index in [1.54, 1.807) is 0 Å². The summed E-state index contributed by atoms with van der Waals surface area (Å²) in [5.41, 5.74) is 0.846. The van der Waals surface area contributed by atoms with Crippen LogP contribution in [0, 0.1) is 0 Å². The maximum absolute atomic E-state index is 11.2. The molecule has 0 aliphatic carbocycles. The van der Waals surface area contributed by atoms with Gasteiger partial charge in [-0.05, 0) is 12.1 Å². The first-order chi connectivity index (χ1) is 7.55. The van der Waals surface area contributed by atoms with E-state index in [9.17, 15) is 8.42 Å². The molecule has 0 saturated heterocycles. The number of nitrogens with one attached hydrogen (secondary N) is 1. The van der Waals surface area contributed by atoms with Gasteiger partial charge in [-0.2, -0.15) is 0 Å². The molecule has 5 nitrogen and oxygen atoms in total. The molecule has 1 aromatic heterocycles. The fourth-order valence-corrected chi connectivity index (χ4v) is 2.58. The molecule has 0 unspecified atom stereocenters. The highest BCUT2D eigenvalue weighted by molar-refractivity contribution is 7.92. The monoisotopic (exact) mass is 255 g/mol. The molecule has 0 radical (unpaired) electrons. The molecule has 0 aliphatic rings. The predicted molar refractivity (Wildman–Crippen MR) is 62.7 cm³/mol. The highest BCUT2D eigenvalue weighted by Gasteiger charge is 2.14. The summed E-state index contributed by atoms with van der Waals surface area (Å²) in [5, 5.41) is 10.8. The highest BCUT2D eigenvalue weighted by atomic mass is 32.2. The number of rotatable bonds is 3. The van der Waals surface area contributed by atoms with Gasteiger partial charge >= 0.3 is 0 Å². The van der Waals surface area contributed by atoms with Crippen LogP contribution in [0.2, 0.25) is 0 Å². The highest BCUT2D eigenvalue weighted by Crippen LogP contribution is 2.22. The number of para-hydroxylation sites is 1. The second-order valence-corrected chi connectivity index (χ2v) is 6.30. The minimum Gasteiger partial charge on any atom is -0.330 e. The second-order valence-electron chi connectivity index (χ2n) is 3.14. The molecule has 0 atom stereocenters. The number of hydrogen-bond donors (Lipinski definition) is 1. The van der Waals surface area contributed by atoms with Crippen LogP contribution in [0.4, 0.5) is 10.8 Å². The van der Waals surface area contributed by atoms with Crippen LogP contribution in [0.1, 0.15) is 0 Å². The Morgan fingerprint density at radius 1 is 1.19 bits per heavy atom. The van der Waals surface area contributed by atoms with E-state index in [0.29, 0.717) is 5.13 Å². The number of sulfone groups is 1. The van der Waals surface area contributed by atoms with Gasteiger partial charge in [-0.3, -0.25) is 0 Å². The second kappa shape index (κ2) is 4.18. The third-order valence-electron chi connectivity index (χ3n) is 1.75. The number of hydrogen-bond acceptors (Lipinski definition) is 6. The number of aromatic nitrogens is 2. The van der Waals surface area contributed by atoms with Crippen molar-refractivity contribution < 1.29 is 8.42 Å². The van der Waals surface area contributed by atoms with Crippen LogP contribution in [-0.2, 0) is 9.84 Å². The van der Waals surface area contributed by atoms with Gasteiger partial charge in [0.05, 0.1) is 0 Å². The third kappa shape index (κ3) is 2.56. The zero-order chi connectivity index (χ0) is 11.6. The maximum Gasteiger partial charge on any atom is 0.234 e. The molecule has 2 rings (SSSR count). The molecule has 1 aromatic carbocycles. The van der Waals surface area contributed by atoms with Crippen molar-refractivity contribution in [3.63, 3.8) is 0 Å². The smallest absolute Gasteiger partial charge is 0.234 e. The van der Waals surface area contributed by atoms with Crippen LogP contribution in [0.15, 0.2) is 34.7 Å². The van der Waals surface area contributed by atoms with Crippen molar-refractivity contribution in [2.45, 2.75) is 4.34 Å². The van der Waals surface area contributed by atoms with Crippen molar-refractivity contribution in [3.8, 4) is 0 Å². The Kier molecular flexibility index (Phi) is 2.88. The van der Waals surface area contributed by atoms with E-state index in [1.165, 1.54) is 0 Å².